The molecule has 0 spiro atoms. The highest BCUT2D eigenvalue weighted by Gasteiger charge is 2.11. The Bertz CT molecular complexity index is 458. The standard InChI is InChI=1S/C17H27N3O2/c1-4-20(5-2)14(3)12-18-17(22)13-19-16(21)11-15-9-7-6-8-10-15/h6-10,14H,4-5,11-13H2,1-3H3,(H,18,22)(H,19,21). The van der Waals surface area contributed by atoms with Crippen LogP contribution in [0.2, 0.25) is 0 Å². The van der Waals surface area contributed by atoms with Crippen molar-refractivity contribution in [3.63, 3.8) is 0 Å². The van der Waals surface area contributed by atoms with E-state index in [0.29, 0.717) is 19.0 Å². The maximum absolute atomic E-state index is 11.8. The number of nitrogens with zero attached hydrogens (tertiary/aromatic N) is 1. The van der Waals surface area contributed by atoms with Crippen LogP contribution in [-0.2, 0) is 16.0 Å². The summed E-state index contributed by atoms with van der Waals surface area (Å²) in [6, 6.07) is 9.77. The van der Waals surface area contributed by atoms with Crippen molar-refractivity contribution in [2.75, 3.05) is 26.2 Å². The Labute approximate surface area is 133 Å². The van der Waals surface area contributed by atoms with Gasteiger partial charge in [-0.15, -0.1) is 0 Å². The monoisotopic (exact) mass is 305 g/mol. The van der Waals surface area contributed by atoms with Gasteiger partial charge in [0.05, 0.1) is 13.0 Å². The molecule has 0 aliphatic carbocycles. The van der Waals surface area contributed by atoms with Gasteiger partial charge < -0.3 is 10.6 Å². The first-order chi connectivity index (χ1) is 10.6. The van der Waals surface area contributed by atoms with E-state index in [1.165, 1.54) is 0 Å². The Kier molecular flexibility index (Phi) is 8.22. The number of amides is 2. The van der Waals surface area contributed by atoms with Gasteiger partial charge in [-0.1, -0.05) is 44.2 Å². The smallest absolute Gasteiger partial charge is 0.239 e. The molecule has 1 atom stereocenters. The molecule has 0 saturated carbocycles. The van der Waals surface area contributed by atoms with E-state index in [1.807, 2.05) is 30.3 Å². The van der Waals surface area contributed by atoms with Crippen LogP contribution in [0.1, 0.15) is 26.3 Å². The van der Waals surface area contributed by atoms with Crippen LogP contribution < -0.4 is 10.6 Å². The fourth-order valence-corrected chi connectivity index (χ4v) is 2.32. The lowest BCUT2D eigenvalue weighted by molar-refractivity contribution is -0.125. The first kappa shape index (κ1) is 18.2. The highest BCUT2D eigenvalue weighted by atomic mass is 16.2. The summed E-state index contributed by atoms with van der Waals surface area (Å²) in [6.07, 6.45) is 0.296. The molecule has 2 N–H and O–H groups in total. The fraction of sp³-hybridized carbons (Fsp3) is 0.529. The molecule has 0 fully saturated rings. The van der Waals surface area contributed by atoms with Gasteiger partial charge in [0.25, 0.3) is 0 Å². The molecule has 1 aromatic rings. The third-order valence-corrected chi connectivity index (χ3v) is 3.68. The highest BCUT2D eigenvalue weighted by Crippen LogP contribution is 1.99. The van der Waals surface area contributed by atoms with Gasteiger partial charge in [-0.2, -0.15) is 0 Å². The molecular weight excluding hydrogens is 278 g/mol. The van der Waals surface area contributed by atoms with E-state index in [0.717, 1.165) is 18.7 Å². The minimum Gasteiger partial charge on any atom is -0.353 e. The lowest BCUT2D eigenvalue weighted by Crippen LogP contribution is -2.45. The average molecular weight is 305 g/mol. The van der Waals surface area contributed by atoms with Crippen LogP contribution in [0.4, 0.5) is 0 Å². The summed E-state index contributed by atoms with van der Waals surface area (Å²) in [5, 5.41) is 5.50. The molecule has 22 heavy (non-hydrogen) atoms. The fourth-order valence-electron chi connectivity index (χ4n) is 2.32. The summed E-state index contributed by atoms with van der Waals surface area (Å²) in [4.78, 5) is 25.8. The number of benzene rings is 1. The Morgan fingerprint density at radius 2 is 1.68 bits per heavy atom. The topological polar surface area (TPSA) is 61.4 Å². The summed E-state index contributed by atoms with van der Waals surface area (Å²) in [5.74, 6) is -0.293. The molecule has 0 radical (unpaired) electrons. The second-order valence-electron chi connectivity index (χ2n) is 5.31. The van der Waals surface area contributed by atoms with Gasteiger partial charge in [0.2, 0.25) is 11.8 Å². The van der Waals surface area contributed by atoms with E-state index >= 15 is 0 Å². The molecule has 1 unspecified atom stereocenters. The number of hydrogen-bond acceptors (Lipinski definition) is 3. The van der Waals surface area contributed by atoms with Crippen LogP contribution in [0.15, 0.2) is 30.3 Å². The molecule has 5 heteroatoms. The van der Waals surface area contributed by atoms with Crippen LogP contribution in [0, 0.1) is 0 Å². The molecular formula is C17H27N3O2. The second kappa shape index (κ2) is 9.95. The summed E-state index contributed by atoms with van der Waals surface area (Å²) in [5.41, 5.74) is 0.940. The largest absolute Gasteiger partial charge is 0.353 e. The molecule has 122 valence electrons. The van der Waals surface area contributed by atoms with Crippen LogP contribution in [-0.4, -0.2) is 48.9 Å². The predicted octanol–water partition coefficient (Wildman–Crippen LogP) is 1.19. The van der Waals surface area contributed by atoms with Gasteiger partial charge in [0.1, 0.15) is 0 Å². The minimum absolute atomic E-state index is 0.0244. The molecule has 0 bridgehead atoms. The molecule has 0 aromatic heterocycles. The number of nitrogens with one attached hydrogen (secondary N) is 2. The van der Waals surface area contributed by atoms with Crippen LogP contribution in [0.5, 0.6) is 0 Å². The lowest BCUT2D eigenvalue weighted by atomic mass is 10.1. The van der Waals surface area contributed by atoms with E-state index in [9.17, 15) is 9.59 Å². The number of likely N-dealkylation sites (N-methyl/N-ethyl adjacent to an activating group) is 1. The molecule has 1 aromatic carbocycles. The number of carbonyl (C=O) groups excluding carboxylic acids is 2. The summed E-state index contributed by atoms with van der Waals surface area (Å²) >= 11 is 0. The van der Waals surface area contributed by atoms with E-state index in [-0.39, 0.29) is 18.4 Å². The molecule has 5 nitrogen and oxygen atoms in total. The normalized spacial score (nSPS) is 12.0. The highest BCUT2D eigenvalue weighted by molar-refractivity contribution is 5.85. The van der Waals surface area contributed by atoms with Gasteiger partial charge >= 0.3 is 0 Å². The second-order valence-corrected chi connectivity index (χ2v) is 5.31. The van der Waals surface area contributed by atoms with Gasteiger partial charge in [0, 0.05) is 12.6 Å². The Morgan fingerprint density at radius 1 is 1.05 bits per heavy atom. The van der Waals surface area contributed by atoms with Crippen LogP contribution >= 0.6 is 0 Å². The average Bonchev–Trinajstić information content (AvgIpc) is 2.53. The van der Waals surface area contributed by atoms with Crippen molar-refractivity contribution in [1.82, 2.24) is 15.5 Å². The van der Waals surface area contributed by atoms with Crippen molar-refractivity contribution in [2.24, 2.45) is 0 Å². The third-order valence-electron chi connectivity index (χ3n) is 3.68. The van der Waals surface area contributed by atoms with Gasteiger partial charge in [-0.3, -0.25) is 14.5 Å². The van der Waals surface area contributed by atoms with Gasteiger partial charge in [-0.05, 0) is 25.6 Å². The molecule has 2 amide bonds. The van der Waals surface area contributed by atoms with Crippen LogP contribution in [0.3, 0.4) is 0 Å². The minimum atomic E-state index is -0.152. The van der Waals surface area contributed by atoms with Gasteiger partial charge in [-0.25, -0.2) is 0 Å². The van der Waals surface area contributed by atoms with Crippen molar-refractivity contribution in [1.29, 1.82) is 0 Å². The van der Waals surface area contributed by atoms with E-state index < -0.39 is 0 Å². The summed E-state index contributed by atoms with van der Waals surface area (Å²) < 4.78 is 0. The molecule has 0 heterocycles. The maximum Gasteiger partial charge on any atom is 0.239 e. The Balaban J connectivity index is 2.24. The Morgan fingerprint density at radius 3 is 2.27 bits per heavy atom. The molecule has 0 saturated heterocycles. The van der Waals surface area contributed by atoms with Crippen molar-refractivity contribution in [3.8, 4) is 0 Å². The number of carbonyl (C=O) groups is 2. The van der Waals surface area contributed by atoms with E-state index in [2.05, 4.69) is 36.3 Å². The zero-order valence-corrected chi connectivity index (χ0v) is 13.8. The zero-order chi connectivity index (χ0) is 16.4. The van der Waals surface area contributed by atoms with Crippen molar-refractivity contribution >= 4 is 11.8 Å². The predicted molar refractivity (Wildman–Crippen MR) is 88.5 cm³/mol. The first-order valence-electron chi connectivity index (χ1n) is 7.88. The van der Waals surface area contributed by atoms with Gasteiger partial charge in [0.15, 0.2) is 0 Å². The third kappa shape index (κ3) is 6.72. The summed E-state index contributed by atoms with van der Waals surface area (Å²) in [6.45, 7) is 8.83. The van der Waals surface area contributed by atoms with Crippen molar-refractivity contribution in [2.45, 2.75) is 33.2 Å². The Hall–Kier alpha value is -1.88. The maximum atomic E-state index is 11.8. The van der Waals surface area contributed by atoms with E-state index in [1.54, 1.807) is 0 Å². The first-order valence-corrected chi connectivity index (χ1v) is 7.88. The molecule has 0 aliphatic heterocycles. The SMILES string of the molecule is CCN(CC)C(C)CNC(=O)CNC(=O)Cc1ccccc1. The van der Waals surface area contributed by atoms with Crippen molar-refractivity contribution in [3.05, 3.63) is 35.9 Å². The van der Waals surface area contributed by atoms with Crippen molar-refractivity contribution < 1.29 is 9.59 Å². The number of hydrogen-bond donors (Lipinski definition) is 2. The summed E-state index contributed by atoms with van der Waals surface area (Å²) in [7, 11) is 0. The van der Waals surface area contributed by atoms with Crippen LogP contribution in [0.25, 0.3) is 0 Å². The zero-order valence-electron chi connectivity index (χ0n) is 13.8. The quantitative estimate of drug-likeness (QED) is 0.720. The van der Waals surface area contributed by atoms with E-state index in [4.69, 9.17) is 0 Å². The molecule has 1 rings (SSSR count). The molecule has 0 aliphatic rings. The lowest BCUT2D eigenvalue weighted by Gasteiger charge is -2.26. The number of rotatable bonds is 9.